The predicted molar refractivity (Wildman–Crippen MR) is 125 cm³/mol. The lowest BCUT2D eigenvalue weighted by Gasteiger charge is -2.32. The van der Waals surface area contributed by atoms with Crippen LogP contribution in [0.5, 0.6) is 0 Å². The van der Waals surface area contributed by atoms with Crippen LogP contribution in [0, 0.1) is 6.92 Å². The van der Waals surface area contributed by atoms with Crippen LogP contribution >= 0.6 is 11.6 Å². The fourth-order valence-corrected chi connectivity index (χ4v) is 4.45. The Morgan fingerprint density at radius 3 is 2.63 bits per heavy atom. The minimum Gasteiger partial charge on any atom is -0.384 e. The van der Waals surface area contributed by atoms with Crippen molar-refractivity contribution in [1.82, 2.24) is 24.7 Å². The number of hydrogen-bond donors (Lipinski definition) is 2. The van der Waals surface area contributed by atoms with Crippen LogP contribution in [0.2, 0.25) is 5.02 Å². The number of H-pyrrole nitrogens is 1. The molecule has 3 aromatic heterocycles. The van der Waals surface area contributed by atoms with E-state index in [4.69, 9.17) is 17.3 Å². The van der Waals surface area contributed by atoms with Crippen LogP contribution in [0.1, 0.15) is 34.7 Å². The van der Waals surface area contributed by atoms with Gasteiger partial charge in [-0.1, -0.05) is 11.6 Å². The number of nitrogens with zero attached hydrogens (tertiary/aromatic N) is 5. The van der Waals surface area contributed by atoms with E-state index in [2.05, 4.69) is 20.1 Å². The number of pyridine rings is 1. The first-order valence-electron chi connectivity index (χ1n) is 10.6. The highest BCUT2D eigenvalue weighted by Gasteiger charge is 2.37. The first kappa shape index (κ1) is 22.9. The number of rotatable bonds is 3. The number of nitrogen functional groups attached to an aromatic ring is 1. The molecule has 180 valence electrons. The Balaban J connectivity index is 1.55. The summed E-state index contributed by atoms with van der Waals surface area (Å²) in [5, 5.41) is 3.93. The van der Waals surface area contributed by atoms with Gasteiger partial charge in [-0.3, -0.25) is 9.48 Å². The molecule has 3 N–H and O–H groups in total. The average molecular weight is 502 g/mol. The van der Waals surface area contributed by atoms with Crippen LogP contribution in [0.4, 0.5) is 24.7 Å². The molecular formula is C23H19ClF3N7O. The predicted octanol–water partition coefficient (Wildman–Crippen LogP) is 5.12. The number of fused-ring (bicyclic) bond motifs is 1. The van der Waals surface area contributed by atoms with Gasteiger partial charge in [0.05, 0.1) is 34.1 Å². The standard InChI is InChI=1S/C23H19ClF3N7O/c1-11-10-33(14-4-5-16(17(24)7-14)23(25,26)27)22(35)20-15(9-30-34(11)20)19-12(2)31-21(32-19)13-3-6-18(28)29-8-13/h3-9,11H,10H2,1-2H3,(H2,28,29)(H,31,32)/t11-/m0/s1. The maximum absolute atomic E-state index is 13.6. The Bertz CT molecular complexity index is 1440. The van der Waals surface area contributed by atoms with Gasteiger partial charge in [-0.2, -0.15) is 18.3 Å². The van der Waals surface area contributed by atoms with Crippen molar-refractivity contribution >= 4 is 29.0 Å². The van der Waals surface area contributed by atoms with E-state index in [9.17, 15) is 18.0 Å². The van der Waals surface area contributed by atoms with Crippen LogP contribution < -0.4 is 10.6 Å². The molecule has 1 aromatic carbocycles. The average Bonchev–Trinajstić information content (AvgIpc) is 3.40. The third kappa shape index (κ3) is 3.91. The number of aromatic amines is 1. The Kier molecular flexibility index (Phi) is 5.32. The zero-order valence-electron chi connectivity index (χ0n) is 18.6. The Morgan fingerprint density at radius 1 is 1.20 bits per heavy atom. The number of carbonyl (C=O) groups is 1. The van der Waals surface area contributed by atoms with Gasteiger partial charge in [0.15, 0.2) is 0 Å². The van der Waals surface area contributed by atoms with Crippen molar-refractivity contribution < 1.29 is 18.0 Å². The zero-order chi connectivity index (χ0) is 25.1. The number of aryl methyl sites for hydroxylation is 1. The Hall–Kier alpha value is -3.86. The molecule has 1 aliphatic rings. The molecule has 0 aliphatic carbocycles. The number of halogens is 4. The zero-order valence-corrected chi connectivity index (χ0v) is 19.3. The van der Waals surface area contributed by atoms with Gasteiger partial charge in [-0.05, 0) is 44.2 Å². The van der Waals surface area contributed by atoms with Crippen molar-refractivity contribution in [2.24, 2.45) is 0 Å². The Labute approximate surface area is 202 Å². The number of nitrogens with one attached hydrogen (secondary N) is 1. The summed E-state index contributed by atoms with van der Waals surface area (Å²) in [5.74, 6) is 0.517. The molecule has 0 saturated heterocycles. The van der Waals surface area contributed by atoms with E-state index < -0.39 is 22.7 Å². The molecule has 1 amide bonds. The van der Waals surface area contributed by atoms with Crippen LogP contribution in [-0.2, 0) is 6.18 Å². The van der Waals surface area contributed by atoms with Crippen LogP contribution in [0.3, 0.4) is 0 Å². The number of benzene rings is 1. The van der Waals surface area contributed by atoms with E-state index in [1.807, 2.05) is 13.8 Å². The lowest BCUT2D eigenvalue weighted by Crippen LogP contribution is -2.42. The number of aromatic nitrogens is 5. The van der Waals surface area contributed by atoms with Gasteiger partial charge in [0, 0.05) is 29.7 Å². The summed E-state index contributed by atoms with van der Waals surface area (Å²) in [7, 11) is 0. The third-order valence-electron chi connectivity index (χ3n) is 5.88. The summed E-state index contributed by atoms with van der Waals surface area (Å²) in [6.07, 6.45) is -1.43. The largest absolute Gasteiger partial charge is 0.417 e. The van der Waals surface area contributed by atoms with E-state index >= 15 is 0 Å². The van der Waals surface area contributed by atoms with Crippen molar-refractivity contribution in [1.29, 1.82) is 0 Å². The summed E-state index contributed by atoms with van der Waals surface area (Å²) in [5.41, 5.74) is 7.73. The highest BCUT2D eigenvalue weighted by molar-refractivity contribution is 6.31. The minimum atomic E-state index is -4.59. The van der Waals surface area contributed by atoms with Crippen molar-refractivity contribution in [3.05, 3.63) is 64.7 Å². The van der Waals surface area contributed by atoms with E-state index in [1.54, 1.807) is 29.2 Å². The molecule has 8 nitrogen and oxygen atoms in total. The quantitative estimate of drug-likeness (QED) is 0.405. The summed E-state index contributed by atoms with van der Waals surface area (Å²) < 4.78 is 41.0. The number of hydrogen-bond acceptors (Lipinski definition) is 5. The van der Waals surface area contributed by atoms with E-state index in [1.165, 1.54) is 11.0 Å². The van der Waals surface area contributed by atoms with E-state index in [0.717, 1.165) is 17.7 Å². The molecule has 5 rings (SSSR count). The minimum absolute atomic E-state index is 0.219. The van der Waals surface area contributed by atoms with Gasteiger partial charge in [-0.25, -0.2) is 9.97 Å². The van der Waals surface area contributed by atoms with Gasteiger partial charge < -0.3 is 15.6 Å². The molecule has 0 unspecified atom stereocenters. The maximum atomic E-state index is 13.6. The number of carbonyl (C=O) groups excluding carboxylic acids is 1. The number of alkyl halides is 3. The van der Waals surface area contributed by atoms with E-state index in [0.29, 0.717) is 28.6 Å². The van der Waals surface area contributed by atoms with Crippen molar-refractivity contribution in [3.63, 3.8) is 0 Å². The number of anilines is 2. The molecule has 0 saturated carbocycles. The lowest BCUT2D eigenvalue weighted by atomic mass is 10.1. The second-order valence-corrected chi connectivity index (χ2v) is 8.72. The summed E-state index contributed by atoms with van der Waals surface area (Å²) >= 11 is 5.91. The molecule has 1 aliphatic heterocycles. The molecular weight excluding hydrogens is 483 g/mol. The smallest absolute Gasteiger partial charge is 0.384 e. The normalized spacial score (nSPS) is 16.0. The van der Waals surface area contributed by atoms with E-state index in [-0.39, 0.29) is 24.0 Å². The van der Waals surface area contributed by atoms with Crippen molar-refractivity contribution in [2.45, 2.75) is 26.1 Å². The summed E-state index contributed by atoms with van der Waals surface area (Å²) in [6, 6.07) is 6.49. The van der Waals surface area contributed by atoms with Gasteiger partial charge in [0.1, 0.15) is 17.3 Å². The highest BCUT2D eigenvalue weighted by Crippen LogP contribution is 2.39. The molecule has 0 radical (unpaired) electrons. The van der Waals surface area contributed by atoms with Crippen molar-refractivity contribution in [2.75, 3.05) is 17.2 Å². The van der Waals surface area contributed by atoms with Crippen LogP contribution in [0.25, 0.3) is 22.6 Å². The molecule has 35 heavy (non-hydrogen) atoms. The fourth-order valence-electron chi connectivity index (χ4n) is 4.16. The fraction of sp³-hybridized carbons (Fsp3) is 0.217. The Morgan fingerprint density at radius 2 is 1.97 bits per heavy atom. The molecule has 0 spiro atoms. The first-order chi connectivity index (χ1) is 16.5. The molecule has 0 bridgehead atoms. The van der Waals surface area contributed by atoms with Gasteiger partial charge in [0.25, 0.3) is 5.91 Å². The molecule has 12 heteroatoms. The van der Waals surface area contributed by atoms with Crippen LogP contribution in [-0.4, -0.2) is 37.2 Å². The molecule has 4 aromatic rings. The van der Waals surface area contributed by atoms with Gasteiger partial charge in [0.2, 0.25) is 0 Å². The SMILES string of the molecule is Cc1[nH]c(-c2ccc(N)nc2)nc1-c1cnn2c1C(=O)N(c1ccc(C(F)(F)F)c(Cl)c1)C[C@@H]2C. The van der Waals surface area contributed by atoms with Gasteiger partial charge >= 0.3 is 6.18 Å². The maximum Gasteiger partial charge on any atom is 0.417 e. The molecule has 4 heterocycles. The number of nitrogens with two attached hydrogens (primary N) is 1. The van der Waals surface area contributed by atoms with Crippen molar-refractivity contribution in [3.8, 4) is 22.6 Å². The monoisotopic (exact) mass is 501 g/mol. The first-order valence-corrected chi connectivity index (χ1v) is 11.0. The van der Waals surface area contributed by atoms with Gasteiger partial charge in [-0.15, -0.1) is 0 Å². The second kappa shape index (κ2) is 8.12. The lowest BCUT2D eigenvalue weighted by molar-refractivity contribution is -0.137. The molecule has 1 atom stereocenters. The highest BCUT2D eigenvalue weighted by atomic mass is 35.5. The second-order valence-electron chi connectivity index (χ2n) is 8.31. The third-order valence-corrected chi connectivity index (χ3v) is 6.19. The summed E-state index contributed by atoms with van der Waals surface area (Å²) in [6.45, 7) is 3.91. The number of amides is 1. The summed E-state index contributed by atoms with van der Waals surface area (Å²) in [4.78, 5) is 26.9. The van der Waals surface area contributed by atoms with Crippen LogP contribution in [0.15, 0.2) is 42.7 Å². The topological polar surface area (TPSA) is 106 Å². The number of imidazole rings is 1. The molecule has 0 fully saturated rings.